The van der Waals surface area contributed by atoms with E-state index in [1.807, 2.05) is 24.4 Å². The number of hydrogen-bond acceptors (Lipinski definition) is 3. The molecule has 3 aromatic rings. The zero-order valence-electron chi connectivity index (χ0n) is 12.4. The molecule has 106 valence electrons. The van der Waals surface area contributed by atoms with Crippen molar-refractivity contribution in [2.45, 2.75) is 13.5 Å². The molecule has 0 unspecified atom stereocenters. The maximum absolute atomic E-state index is 6.01. The first kappa shape index (κ1) is 13.4. The maximum atomic E-state index is 6.01. The summed E-state index contributed by atoms with van der Waals surface area (Å²) in [5.41, 5.74) is 11.3. The Bertz CT molecular complexity index is 763. The number of aryl methyl sites for hydroxylation is 1. The highest BCUT2D eigenvalue weighted by atomic mass is 15.1. The van der Waals surface area contributed by atoms with Crippen molar-refractivity contribution in [3.63, 3.8) is 0 Å². The van der Waals surface area contributed by atoms with Crippen LogP contribution in [-0.2, 0) is 6.54 Å². The molecule has 0 saturated carbocycles. The first-order chi connectivity index (χ1) is 10.1. The molecule has 1 aromatic heterocycles. The number of nitrogens with two attached hydrogens (primary N) is 1. The summed E-state index contributed by atoms with van der Waals surface area (Å²) < 4.78 is 0. The Kier molecular flexibility index (Phi) is 3.48. The average Bonchev–Trinajstić information content (AvgIpc) is 2.49. The molecule has 2 aromatic carbocycles. The van der Waals surface area contributed by atoms with Crippen molar-refractivity contribution in [1.82, 2.24) is 4.98 Å². The summed E-state index contributed by atoms with van der Waals surface area (Å²) in [6.45, 7) is 2.96. The highest BCUT2D eigenvalue weighted by Gasteiger charge is 2.08. The van der Waals surface area contributed by atoms with Crippen molar-refractivity contribution in [1.29, 1.82) is 0 Å². The highest BCUT2D eigenvalue weighted by molar-refractivity contribution is 5.97. The van der Waals surface area contributed by atoms with Gasteiger partial charge >= 0.3 is 0 Å². The number of para-hydroxylation sites is 1. The summed E-state index contributed by atoms with van der Waals surface area (Å²) in [4.78, 5) is 6.62. The van der Waals surface area contributed by atoms with Crippen LogP contribution in [0.5, 0.6) is 0 Å². The van der Waals surface area contributed by atoms with Gasteiger partial charge in [0.05, 0.1) is 11.2 Å². The molecular weight excluding hydrogens is 258 g/mol. The Balaban J connectivity index is 1.96. The van der Waals surface area contributed by atoms with E-state index < -0.39 is 0 Å². The molecule has 3 nitrogen and oxygen atoms in total. The quantitative estimate of drug-likeness (QED) is 0.741. The topological polar surface area (TPSA) is 42.2 Å². The predicted molar refractivity (Wildman–Crippen MR) is 89.4 cm³/mol. The van der Waals surface area contributed by atoms with Gasteiger partial charge in [0.1, 0.15) is 0 Å². The lowest BCUT2D eigenvalue weighted by atomic mass is 10.1. The zero-order chi connectivity index (χ0) is 14.8. The number of pyridine rings is 1. The molecule has 0 amide bonds. The van der Waals surface area contributed by atoms with Gasteiger partial charge in [-0.25, -0.2) is 0 Å². The smallest absolute Gasteiger partial charge is 0.0951 e. The lowest BCUT2D eigenvalue weighted by Crippen LogP contribution is -2.16. The van der Waals surface area contributed by atoms with Crippen LogP contribution < -0.4 is 10.6 Å². The van der Waals surface area contributed by atoms with Crippen LogP contribution in [0.15, 0.2) is 54.7 Å². The van der Waals surface area contributed by atoms with Gasteiger partial charge in [0, 0.05) is 30.9 Å². The molecular formula is C18H19N3. The minimum atomic E-state index is 0.720. The van der Waals surface area contributed by atoms with Gasteiger partial charge in [0.25, 0.3) is 0 Å². The van der Waals surface area contributed by atoms with Crippen molar-refractivity contribution < 1.29 is 0 Å². The molecule has 0 aliphatic rings. The number of fused-ring (bicyclic) bond motifs is 1. The van der Waals surface area contributed by atoms with Gasteiger partial charge in [-0.05, 0) is 24.6 Å². The van der Waals surface area contributed by atoms with E-state index in [1.165, 1.54) is 11.1 Å². The van der Waals surface area contributed by atoms with Crippen LogP contribution in [0.1, 0.15) is 11.1 Å². The first-order valence-corrected chi connectivity index (χ1v) is 7.05. The predicted octanol–water partition coefficient (Wildman–Crippen LogP) is 3.76. The molecule has 0 aliphatic heterocycles. The highest BCUT2D eigenvalue weighted by Crippen LogP contribution is 2.28. The van der Waals surface area contributed by atoms with Gasteiger partial charge in [-0.2, -0.15) is 0 Å². The standard InChI is InChI=1S/C18H19N3/c1-13-6-8-14(9-7-13)12-21(2)17-10-11-20-18-15(17)4-3-5-16(18)19/h3-11H,12,19H2,1-2H3. The van der Waals surface area contributed by atoms with E-state index in [4.69, 9.17) is 5.73 Å². The second kappa shape index (κ2) is 5.44. The molecule has 0 saturated heterocycles. The molecule has 3 heteroatoms. The number of benzene rings is 2. The van der Waals surface area contributed by atoms with Crippen LogP contribution in [0.3, 0.4) is 0 Å². The number of hydrogen-bond donors (Lipinski definition) is 1. The van der Waals surface area contributed by atoms with Gasteiger partial charge < -0.3 is 10.6 Å². The van der Waals surface area contributed by atoms with Crippen molar-refractivity contribution in [2.75, 3.05) is 17.7 Å². The number of anilines is 2. The molecule has 21 heavy (non-hydrogen) atoms. The fraction of sp³-hybridized carbons (Fsp3) is 0.167. The SMILES string of the molecule is Cc1ccc(CN(C)c2ccnc3c(N)cccc23)cc1. The van der Waals surface area contributed by atoms with Crippen LogP contribution >= 0.6 is 0 Å². The summed E-state index contributed by atoms with van der Waals surface area (Å²) in [5, 5.41) is 1.09. The summed E-state index contributed by atoms with van der Waals surface area (Å²) in [6.07, 6.45) is 1.82. The van der Waals surface area contributed by atoms with Gasteiger partial charge in [-0.15, -0.1) is 0 Å². The lowest BCUT2D eigenvalue weighted by Gasteiger charge is -2.21. The number of nitrogen functional groups attached to an aromatic ring is 1. The molecule has 0 fully saturated rings. The monoisotopic (exact) mass is 277 g/mol. The van der Waals surface area contributed by atoms with Crippen LogP contribution in [0.4, 0.5) is 11.4 Å². The summed E-state index contributed by atoms with van der Waals surface area (Å²) in [6, 6.07) is 16.6. The van der Waals surface area contributed by atoms with E-state index in [0.717, 1.165) is 28.8 Å². The van der Waals surface area contributed by atoms with Crippen LogP contribution in [0.2, 0.25) is 0 Å². The Morgan fingerprint density at radius 2 is 1.81 bits per heavy atom. The van der Waals surface area contributed by atoms with Crippen LogP contribution in [0.25, 0.3) is 10.9 Å². The molecule has 1 heterocycles. The fourth-order valence-electron chi connectivity index (χ4n) is 2.57. The van der Waals surface area contributed by atoms with Gasteiger partial charge in [0.15, 0.2) is 0 Å². The van der Waals surface area contributed by atoms with E-state index >= 15 is 0 Å². The van der Waals surface area contributed by atoms with Crippen LogP contribution in [-0.4, -0.2) is 12.0 Å². The Hall–Kier alpha value is -2.55. The van der Waals surface area contributed by atoms with E-state index in [2.05, 4.69) is 54.2 Å². The summed E-state index contributed by atoms with van der Waals surface area (Å²) in [7, 11) is 2.10. The van der Waals surface area contributed by atoms with Crippen molar-refractivity contribution in [3.05, 3.63) is 65.9 Å². The molecule has 2 N–H and O–H groups in total. The Morgan fingerprint density at radius 3 is 2.57 bits per heavy atom. The van der Waals surface area contributed by atoms with Crippen LogP contribution in [0, 0.1) is 6.92 Å². The third kappa shape index (κ3) is 2.68. The molecule has 0 bridgehead atoms. The summed E-state index contributed by atoms with van der Waals surface area (Å²) in [5.74, 6) is 0. The zero-order valence-corrected chi connectivity index (χ0v) is 12.4. The molecule has 0 radical (unpaired) electrons. The first-order valence-electron chi connectivity index (χ1n) is 7.05. The second-order valence-corrected chi connectivity index (χ2v) is 5.42. The van der Waals surface area contributed by atoms with E-state index in [1.54, 1.807) is 0 Å². The average molecular weight is 277 g/mol. The normalized spacial score (nSPS) is 10.8. The Morgan fingerprint density at radius 1 is 1.05 bits per heavy atom. The minimum absolute atomic E-state index is 0.720. The number of nitrogens with zero attached hydrogens (tertiary/aromatic N) is 2. The molecule has 0 aliphatic carbocycles. The second-order valence-electron chi connectivity index (χ2n) is 5.42. The van der Waals surface area contributed by atoms with Crippen molar-refractivity contribution in [2.24, 2.45) is 0 Å². The summed E-state index contributed by atoms with van der Waals surface area (Å²) >= 11 is 0. The van der Waals surface area contributed by atoms with Crippen molar-refractivity contribution in [3.8, 4) is 0 Å². The molecule has 3 rings (SSSR count). The molecule has 0 atom stereocenters. The molecule has 0 spiro atoms. The lowest BCUT2D eigenvalue weighted by molar-refractivity contribution is 0.926. The van der Waals surface area contributed by atoms with E-state index in [-0.39, 0.29) is 0 Å². The minimum Gasteiger partial charge on any atom is -0.397 e. The Labute approximate surface area is 125 Å². The van der Waals surface area contributed by atoms with Gasteiger partial charge in [-0.1, -0.05) is 42.0 Å². The van der Waals surface area contributed by atoms with Gasteiger partial charge in [-0.3, -0.25) is 4.98 Å². The largest absolute Gasteiger partial charge is 0.397 e. The number of aromatic nitrogens is 1. The van der Waals surface area contributed by atoms with E-state index in [0.29, 0.717) is 0 Å². The van der Waals surface area contributed by atoms with Gasteiger partial charge in [0.2, 0.25) is 0 Å². The maximum Gasteiger partial charge on any atom is 0.0951 e. The fourth-order valence-corrected chi connectivity index (χ4v) is 2.57. The van der Waals surface area contributed by atoms with Crippen molar-refractivity contribution >= 4 is 22.3 Å². The third-order valence-corrected chi connectivity index (χ3v) is 3.73. The van der Waals surface area contributed by atoms with E-state index in [9.17, 15) is 0 Å². The number of rotatable bonds is 3. The third-order valence-electron chi connectivity index (χ3n) is 3.73.